The molecule has 6 rings (SSSR count). The maximum Gasteiger partial charge on any atom is 0.261 e. The number of carbonyl (C=O) groups excluding carboxylic acids is 4. The van der Waals surface area contributed by atoms with Gasteiger partial charge in [0.05, 0.1) is 22.3 Å². The van der Waals surface area contributed by atoms with Gasteiger partial charge in [-0.1, -0.05) is 55.1 Å². The molecule has 0 N–H and O–H groups in total. The number of amides is 4. The molecule has 4 amide bonds. The first-order chi connectivity index (χ1) is 18.9. The van der Waals surface area contributed by atoms with Crippen molar-refractivity contribution in [2.45, 2.75) is 23.1 Å². The number of fused-ring (bicyclic) bond motifs is 2. The number of hydrogen-bond acceptors (Lipinski definition) is 5. The highest BCUT2D eigenvalue weighted by Gasteiger charge is 2.35. The number of imide groups is 2. The van der Waals surface area contributed by atoms with Gasteiger partial charge in [-0.2, -0.15) is 0 Å². The van der Waals surface area contributed by atoms with Crippen molar-refractivity contribution in [3.05, 3.63) is 107 Å². The van der Waals surface area contributed by atoms with Crippen LogP contribution in [0.4, 0.5) is 0 Å². The van der Waals surface area contributed by atoms with E-state index in [9.17, 15) is 19.2 Å². The Labute approximate surface area is 230 Å². The van der Waals surface area contributed by atoms with Crippen LogP contribution in [0.15, 0.2) is 94.7 Å². The molecule has 2 aliphatic rings. The van der Waals surface area contributed by atoms with Crippen LogP contribution < -0.4 is 0 Å². The van der Waals surface area contributed by atoms with Gasteiger partial charge in [0.2, 0.25) is 0 Å². The molecule has 39 heavy (non-hydrogen) atoms. The van der Waals surface area contributed by atoms with Gasteiger partial charge in [-0.3, -0.25) is 29.0 Å². The molecular weight excluding hydrogens is 508 g/mol. The van der Waals surface area contributed by atoms with Crippen LogP contribution in [-0.4, -0.2) is 47.0 Å². The van der Waals surface area contributed by atoms with E-state index in [0.717, 1.165) is 43.4 Å². The van der Waals surface area contributed by atoms with Crippen LogP contribution in [0.25, 0.3) is 22.3 Å². The molecule has 0 spiro atoms. The van der Waals surface area contributed by atoms with Crippen molar-refractivity contribution in [3.8, 4) is 22.3 Å². The smallest absolute Gasteiger partial charge is 0.261 e. The van der Waals surface area contributed by atoms with Gasteiger partial charge in [-0.05, 0) is 77.2 Å². The van der Waals surface area contributed by atoms with E-state index in [-0.39, 0.29) is 23.6 Å². The van der Waals surface area contributed by atoms with Crippen molar-refractivity contribution in [3.63, 3.8) is 0 Å². The molecule has 7 heteroatoms. The molecule has 0 atom stereocenters. The minimum Gasteiger partial charge on any atom is -0.277 e. The lowest BCUT2D eigenvalue weighted by Crippen LogP contribution is -2.30. The summed E-state index contributed by atoms with van der Waals surface area (Å²) in [4.78, 5) is 54.3. The zero-order valence-electron chi connectivity index (χ0n) is 21.4. The molecule has 4 aromatic rings. The summed E-state index contributed by atoms with van der Waals surface area (Å²) in [5.41, 5.74) is 5.55. The Hall–Kier alpha value is -4.49. The van der Waals surface area contributed by atoms with E-state index >= 15 is 0 Å². The second kappa shape index (κ2) is 9.67. The Morgan fingerprint density at radius 3 is 1.46 bits per heavy atom. The number of nitrogens with zero attached hydrogens (tertiary/aromatic N) is 2. The van der Waals surface area contributed by atoms with Crippen LogP contribution in [0, 0.1) is 0 Å². The third kappa shape index (κ3) is 4.25. The Bertz CT molecular complexity index is 1680. The van der Waals surface area contributed by atoms with E-state index in [1.807, 2.05) is 73.7 Å². The van der Waals surface area contributed by atoms with Gasteiger partial charge in [-0.25, -0.2) is 0 Å². The summed E-state index contributed by atoms with van der Waals surface area (Å²) in [6.07, 6.45) is 0.731. The molecule has 0 bridgehead atoms. The summed E-state index contributed by atoms with van der Waals surface area (Å²) in [5, 5.41) is 0. The first-order valence-electron chi connectivity index (χ1n) is 12.7. The van der Waals surface area contributed by atoms with Crippen LogP contribution in [-0.2, 0) is 0 Å². The van der Waals surface area contributed by atoms with Gasteiger partial charge in [0.1, 0.15) is 0 Å². The Morgan fingerprint density at radius 1 is 0.538 bits per heavy atom. The number of benzene rings is 4. The molecule has 0 radical (unpaired) electrons. The van der Waals surface area contributed by atoms with Gasteiger partial charge in [-0.15, -0.1) is 0 Å². The molecular formula is C32H24N2O4S. The first-order valence-corrected chi connectivity index (χ1v) is 13.5. The molecule has 0 aromatic heterocycles. The molecule has 0 aliphatic carbocycles. The fourth-order valence-corrected chi connectivity index (χ4v) is 5.82. The van der Waals surface area contributed by atoms with Gasteiger partial charge >= 0.3 is 0 Å². The number of rotatable bonds is 6. The normalized spacial score (nSPS) is 14.3. The van der Waals surface area contributed by atoms with Gasteiger partial charge in [0.15, 0.2) is 0 Å². The van der Waals surface area contributed by atoms with Crippen LogP contribution in [0.3, 0.4) is 0 Å². The molecule has 4 aromatic carbocycles. The van der Waals surface area contributed by atoms with Crippen LogP contribution in [0.1, 0.15) is 54.8 Å². The van der Waals surface area contributed by atoms with Crippen molar-refractivity contribution in [2.75, 3.05) is 13.6 Å². The third-order valence-electron chi connectivity index (χ3n) is 7.12. The summed E-state index contributed by atoms with van der Waals surface area (Å²) in [6.45, 7) is 2.38. The fraction of sp³-hybridized carbons (Fsp3) is 0.125. The zero-order chi connectivity index (χ0) is 27.3. The predicted octanol–water partition coefficient (Wildman–Crippen LogP) is 6.40. The topological polar surface area (TPSA) is 74.8 Å². The minimum atomic E-state index is -0.272. The molecule has 0 fully saturated rings. The van der Waals surface area contributed by atoms with E-state index in [0.29, 0.717) is 28.8 Å². The van der Waals surface area contributed by atoms with E-state index < -0.39 is 0 Å². The third-order valence-corrected chi connectivity index (χ3v) is 8.13. The summed E-state index contributed by atoms with van der Waals surface area (Å²) in [5.74, 6) is -0.973. The Balaban J connectivity index is 1.17. The highest BCUT2D eigenvalue weighted by atomic mass is 32.2. The Morgan fingerprint density at radius 2 is 0.949 bits per heavy atom. The molecule has 0 saturated carbocycles. The first kappa shape index (κ1) is 24.8. The monoisotopic (exact) mass is 532 g/mol. The molecule has 6 nitrogen and oxygen atoms in total. The van der Waals surface area contributed by atoms with E-state index in [2.05, 4.69) is 0 Å². The van der Waals surface area contributed by atoms with Crippen molar-refractivity contribution in [1.82, 2.24) is 9.80 Å². The lowest BCUT2D eigenvalue weighted by atomic mass is 10.0. The van der Waals surface area contributed by atoms with Crippen LogP contribution in [0.2, 0.25) is 0 Å². The average Bonchev–Trinajstić information content (AvgIpc) is 3.33. The van der Waals surface area contributed by atoms with Crippen LogP contribution in [0.5, 0.6) is 0 Å². The second-order valence-corrected chi connectivity index (χ2v) is 10.7. The van der Waals surface area contributed by atoms with Crippen molar-refractivity contribution in [2.24, 2.45) is 0 Å². The summed E-state index contributed by atoms with van der Waals surface area (Å²) in [6, 6.07) is 27.0. The molecule has 192 valence electrons. The van der Waals surface area contributed by atoms with Crippen molar-refractivity contribution < 1.29 is 19.2 Å². The standard InChI is InChI=1S/C32H24N2O4S/c1-3-16-34-31(37)26-15-9-22(18-28(26)32(34)38)20-6-12-24(13-7-20)39-23-10-4-19(5-11-23)21-8-14-25-27(17-21)30(36)33(2)29(25)35/h4-15,17-18H,3,16H2,1-2H3. The van der Waals surface area contributed by atoms with Gasteiger partial charge in [0, 0.05) is 23.4 Å². The summed E-state index contributed by atoms with van der Waals surface area (Å²) in [7, 11) is 1.50. The van der Waals surface area contributed by atoms with Crippen molar-refractivity contribution in [1.29, 1.82) is 0 Å². The van der Waals surface area contributed by atoms with Gasteiger partial charge < -0.3 is 0 Å². The maximum atomic E-state index is 12.7. The SMILES string of the molecule is CCCN1C(=O)c2ccc(-c3ccc(Sc4ccc(-c5ccc6c(c5)C(=O)N(C)C6=O)cc4)cc3)cc2C1=O. The van der Waals surface area contributed by atoms with E-state index in [1.54, 1.807) is 30.0 Å². The largest absolute Gasteiger partial charge is 0.277 e. The minimum absolute atomic E-state index is 0.214. The molecule has 0 unspecified atom stereocenters. The van der Waals surface area contributed by atoms with Gasteiger partial charge in [0.25, 0.3) is 23.6 Å². The predicted molar refractivity (Wildman–Crippen MR) is 150 cm³/mol. The lowest BCUT2D eigenvalue weighted by molar-refractivity contribution is 0.0649. The summed E-state index contributed by atoms with van der Waals surface area (Å²) < 4.78 is 0. The molecule has 2 aliphatic heterocycles. The maximum absolute atomic E-state index is 12.7. The van der Waals surface area contributed by atoms with E-state index in [4.69, 9.17) is 0 Å². The highest BCUT2D eigenvalue weighted by molar-refractivity contribution is 7.99. The second-order valence-electron chi connectivity index (χ2n) is 9.60. The highest BCUT2D eigenvalue weighted by Crippen LogP contribution is 2.34. The molecule has 0 saturated heterocycles. The Kier molecular flexibility index (Phi) is 6.16. The van der Waals surface area contributed by atoms with E-state index in [1.165, 1.54) is 11.9 Å². The average molecular weight is 533 g/mol. The quantitative estimate of drug-likeness (QED) is 0.269. The summed E-state index contributed by atoms with van der Waals surface area (Å²) >= 11 is 1.63. The lowest BCUT2D eigenvalue weighted by Gasteiger charge is -2.11. The zero-order valence-corrected chi connectivity index (χ0v) is 22.2. The van der Waals surface area contributed by atoms with Crippen LogP contribution >= 0.6 is 11.8 Å². The number of hydrogen-bond donors (Lipinski definition) is 0. The number of carbonyl (C=O) groups is 4. The van der Waals surface area contributed by atoms with Crippen molar-refractivity contribution >= 4 is 35.4 Å². The molecule has 2 heterocycles. The fourth-order valence-electron chi connectivity index (χ4n) is 5.00.